The normalized spacial score (nSPS) is 38.1. The van der Waals surface area contributed by atoms with Gasteiger partial charge in [-0.1, -0.05) is 11.8 Å². The lowest BCUT2D eigenvalue weighted by Crippen LogP contribution is -2.44. The first-order valence-corrected chi connectivity index (χ1v) is 6.36. The maximum absolute atomic E-state index is 9.84. The number of amidine groups is 1. The summed E-state index contributed by atoms with van der Waals surface area (Å²) >= 11 is 1.60. The molecular formula is C10H18N2O3S. The van der Waals surface area contributed by atoms with Crippen molar-refractivity contribution < 1.29 is 14.9 Å². The topological polar surface area (TPSA) is 65.3 Å². The molecule has 0 spiro atoms. The Labute approximate surface area is 99.5 Å². The molecule has 0 unspecified atom stereocenters. The Morgan fingerprint density at radius 2 is 2.31 bits per heavy atom. The molecule has 1 fully saturated rings. The van der Waals surface area contributed by atoms with Crippen molar-refractivity contribution in [3.05, 3.63) is 0 Å². The molecule has 0 aromatic heterocycles. The lowest BCUT2D eigenvalue weighted by atomic mass is 10.00. The molecule has 2 heterocycles. The quantitative estimate of drug-likeness (QED) is 0.711. The summed E-state index contributed by atoms with van der Waals surface area (Å²) < 4.78 is 5.76. The average molecular weight is 246 g/mol. The van der Waals surface area contributed by atoms with E-state index in [0.29, 0.717) is 12.8 Å². The maximum Gasteiger partial charge on any atom is 0.161 e. The van der Waals surface area contributed by atoms with Gasteiger partial charge in [0.2, 0.25) is 0 Å². The number of rotatable bonds is 2. The molecule has 6 heteroatoms. The number of fused-ring (bicyclic) bond motifs is 1. The monoisotopic (exact) mass is 246 g/mol. The molecule has 2 rings (SSSR count). The lowest BCUT2D eigenvalue weighted by Gasteiger charge is -2.34. The highest BCUT2D eigenvalue weighted by atomic mass is 32.2. The minimum absolute atomic E-state index is 0.00245. The van der Waals surface area contributed by atoms with Crippen molar-refractivity contribution in [3.63, 3.8) is 0 Å². The fraction of sp³-hybridized carbons (Fsp3) is 0.900. The molecule has 0 amide bonds. The molecule has 5 nitrogen and oxygen atoms in total. The van der Waals surface area contributed by atoms with Crippen molar-refractivity contribution in [1.29, 1.82) is 0 Å². The van der Waals surface area contributed by atoms with Gasteiger partial charge in [0.05, 0.1) is 18.2 Å². The van der Waals surface area contributed by atoms with Crippen LogP contribution in [0.25, 0.3) is 0 Å². The van der Waals surface area contributed by atoms with Crippen LogP contribution in [0.4, 0.5) is 0 Å². The second-order valence-corrected chi connectivity index (χ2v) is 5.42. The van der Waals surface area contributed by atoms with Crippen LogP contribution in [0.15, 0.2) is 4.99 Å². The second kappa shape index (κ2) is 4.91. The molecular weight excluding hydrogens is 228 g/mol. The molecule has 2 N–H and O–H groups in total. The molecule has 2 aliphatic rings. The Kier molecular flexibility index (Phi) is 3.73. The Bertz CT molecular complexity index is 285. The van der Waals surface area contributed by atoms with Gasteiger partial charge in [0, 0.05) is 27.1 Å². The number of thioether (sulfide) groups is 1. The number of nitrogens with zero attached hydrogens (tertiary/aromatic N) is 2. The highest BCUT2D eigenvalue weighted by Crippen LogP contribution is 2.37. The molecule has 0 aliphatic carbocycles. The van der Waals surface area contributed by atoms with E-state index in [2.05, 4.69) is 4.99 Å². The number of hydrogen-bond donors (Lipinski definition) is 2. The minimum atomic E-state index is -0.515. The van der Waals surface area contributed by atoms with Gasteiger partial charge >= 0.3 is 0 Å². The predicted octanol–water partition coefficient (Wildman–Crippen LogP) is -0.122. The van der Waals surface area contributed by atoms with E-state index in [1.54, 1.807) is 11.8 Å². The number of hydrogen-bond acceptors (Lipinski definition) is 6. The Hall–Kier alpha value is -0.300. The SMILES string of the molecule is CN(C)C1=N[C@@H]2C[C@H](O)[C@@H](CCO)O[C@@H]2S1. The van der Waals surface area contributed by atoms with Crippen molar-refractivity contribution in [2.75, 3.05) is 20.7 Å². The molecule has 1 saturated heterocycles. The fourth-order valence-electron chi connectivity index (χ4n) is 1.97. The first kappa shape index (κ1) is 12.2. The third kappa shape index (κ3) is 2.34. The first-order chi connectivity index (χ1) is 7.61. The van der Waals surface area contributed by atoms with Gasteiger partial charge in [-0.15, -0.1) is 0 Å². The van der Waals surface area contributed by atoms with Gasteiger partial charge in [0.15, 0.2) is 5.17 Å². The van der Waals surface area contributed by atoms with Gasteiger partial charge in [-0.3, -0.25) is 4.99 Å². The summed E-state index contributed by atoms with van der Waals surface area (Å²) in [6.07, 6.45) is 0.344. The number of aliphatic hydroxyl groups is 2. The fourth-order valence-corrected chi connectivity index (χ4v) is 3.11. The zero-order valence-corrected chi connectivity index (χ0v) is 10.4. The van der Waals surface area contributed by atoms with Crippen molar-refractivity contribution in [3.8, 4) is 0 Å². The van der Waals surface area contributed by atoms with Crippen LogP contribution in [0, 0.1) is 0 Å². The van der Waals surface area contributed by atoms with Gasteiger partial charge in [0.25, 0.3) is 0 Å². The summed E-state index contributed by atoms with van der Waals surface area (Å²) in [4.78, 5) is 6.47. The van der Waals surface area contributed by atoms with Gasteiger partial charge in [-0.2, -0.15) is 0 Å². The van der Waals surface area contributed by atoms with E-state index in [-0.39, 0.29) is 24.2 Å². The largest absolute Gasteiger partial charge is 0.396 e. The summed E-state index contributed by atoms with van der Waals surface area (Å²) in [5, 5.41) is 19.7. The molecule has 92 valence electrons. The second-order valence-electron chi connectivity index (χ2n) is 4.35. The number of aliphatic hydroxyl groups excluding tert-OH is 2. The molecule has 0 aromatic carbocycles. The molecule has 0 bridgehead atoms. The standard InChI is InChI=1S/C10H18N2O3S/c1-12(2)10-11-6-5-7(14)8(3-4-13)15-9(6)16-10/h6-9,13-14H,3-5H2,1-2H3/t6-,7+,8-,9-/m1/s1. The molecule has 16 heavy (non-hydrogen) atoms. The highest BCUT2D eigenvalue weighted by Gasteiger charge is 2.41. The van der Waals surface area contributed by atoms with Crippen LogP contribution in [-0.4, -0.2) is 64.7 Å². The number of aliphatic imine (C=N–C) groups is 1. The zero-order valence-electron chi connectivity index (χ0n) is 9.54. The van der Waals surface area contributed by atoms with Gasteiger partial charge in [0.1, 0.15) is 5.44 Å². The van der Waals surface area contributed by atoms with Crippen molar-refractivity contribution >= 4 is 16.9 Å². The van der Waals surface area contributed by atoms with Crippen LogP contribution in [0.1, 0.15) is 12.8 Å². The van der Waals surface area contributed by atoms with E-state index < -0.39 is 6.10 Å². The molecule has 0 saturated carbocycles. The van der Waals surface area contributed by atoms with Crippen LogP contribution in [-0.2, 0) is 4.74 Å². The maximum atomic E-state index is 9.84. The van der Waals surface area contributed by atoms with E-state index >= 15 is 0 Å². The zero-order chi connectivity index (χ0) is 11.7. The summed E-state index contributed by atoms with van der Waals surface area (Å²) in [5.74, 6) is 0. The summed E-state index contributed by atoms with van der Waals surface area (Å²) in [7, 11) is 3.90. The van der Waals surface area contributed by atoms with E-state index in [1.165, 1.54) is 0 Å². The molecule has 4 atom stereocenters. The minimum Gasteiger partial charge on any atom is -0.396 e. The van der Waals surface area contributed by atoms with E-state index in [9.17, 15) is 5.11 Å². The number of ether oxygens (including phenoxy) is 1. The molecule has 0 aromatic rings. The van der Waals surface area contributed by atoms with E-state index in [0.717, 1.165) is 5.17 Å². The molecule has 0 radical (unpaired) electrons. The van der Waals surface area contributed by atoms with Crippen LogP contribution >= 0.6 is 11.8 Å². The Morgan fingerprint density at radius 3 is 2.94 bits per heavy atom. The van der Waals surface area contributed by atoms with Gasteiger partial charge < -0.3 is 19.8 Å². The summed E-state index contributed by atoms with van der Waals surface area (Å²) in [6, 6.07) is 0.0485. The predicted molar refractivity (Wildman–Crippen MR) is 63.5 cm³/mol. The third-order valence-corrected chi connectivity index (χ3v) is 4.17. The van der Waals surface area contributed by atoms with Gasteiger partial charge in [-0.25, -0.2) is 0 Å². The average Bonchev–Trinajstić information content (AvgIpc) is 2.61. The van der Waals surface area contributed by atoms with Crippen LogP contribution in [0.2, 0.25) is 0 Å². The van der Waals surface area contributed by atoms with Gasteiger partial charge in [-0.05, 0) is 6.42 Å². The smallest absolute Gasteiger partial charge is 0.161 e. The van der Waals surface area contributed by atoms with E-state index in [1.807, 2.05) is 19.0 Å². The van der Waals surface area contributed by atoms with Crippen LogP contribution < -0.4 is 0 Å². The third-order valence-electron chi connectivity index (χ3n) is 2.83. The van der Waals surface area contributed by atoms with Crippen LogP contribution in [0.3, 0.4) is 0 Å². The van der Waals surface area contributed by atoms with Crippen molar-refractivity contribution in [1.82, 2.24) is 4.90 Å². The van der Waals surface area contributed by atoms with Crippen molar-refractivity contribution in [2.45, 2.75) is 36.5 Å². The summed E-state index contributed by atoms with van der Waals surface area (Å²) in [5.41, 5.74) is -0.00245. The van der Waals surface area contributed by atoms with Crippen LogP contribution in [0.5, 0.6) is 0 Å². The lowest BCUT2D eigenvalue weighted by molar-refractivity contribution is -0.100. The Morgan fingerprint density at radius 1 is 1.56 bits per heavy atom. The molecule has 2 aliphatic heterocycles. The summed E-state index contributed by atoms with van der Waals surface area (Å²) in [6.45, 7) is 0.0468. The first-order valence-electron chi connectivity index (χ1n) is 5.48. The Balaban J connectivity index is 1.99. The van der Waals surface area contributed by atoms with Crippen molar-refractivity contribution in [2.24, 2.45) is 4.99 Å². The van der Waals surface area contributed by atoms with E-state index in [4.69, 9.17) is 9.84 Å². The highest BCUT2D eigenvalue weighted by molar-refractivity contribution is 8.14.